The molecule has 3 amide bonds. The molecule has 1 aliphatic heterocycles. The normalized spacial score (nSPS) is 23.8. The number of nitrogens with one attached hydrogen (secondary N) is 1. The van der Waals surface area contributed by atoms with Crippen LogP contribution >= 0.6 is 11.6 Å². The van der Waals surface area contributed by atoms with Crippen LogP contribution in [0.25, 0.3) is 0 Å². The lowest BCUT2D eigenvalue weighted by molar-refractivity contribution is -0.142. The molecule has 6 heteroatoms. The standard InChI is InChI=1S/C17H19ClN2O3/c1-10-8-11(18)6-7-14(10)19-15(21)9-20-16(22)12-4-2-3-5-13(12)17(20)23/h6-8,12-13H,2-5,9H2,1H3,(H,19,21). The zero-order chi connectivity index (χ0) is 16.6. The summed E-state index contributed by atoms with van der Waals surface area (Å²) in [6, 6.07) is 5.14. The highest BCUT2D eigenvalue weighted by Gasteiger charge is 2.48. The van der Waals surface area contributed by atoms with Crippen molar-refractivity contribution in [3.63, 3.8) is 0 Å². The summed E-state index contributed by atoms with van der Waals surface area (Å²) in [7, 11) is 0. The minimum Gasteiger partial charge on any atom is -0.324 e. The highest BCUT2D eigenvalue weighted by atomic mass is 35.5. The Labute approximate surface area is 140 Å². The van der Waals surface area contributed by atoms with Gasteiger partial charge in [-0.2, -0.15) is 0 Å². The number of hydrogen-bond acceptors (Lipinski definition) is 3. The van der Waals surface area contributed by atoms with Crippen molar-refractivity contribution in [3.8, 4) is 0 Å². The van der Waals surface area contributed by atoms with E-state index in [0.717, 1.165) is 36.1 Å². The molecule has 1 aromatic carbocycles. The second kappa shape index (κ2) is 6.32. The molecule has 0 radical (unpaired) electrons. The molecule has 122 valence electrons. The summed E-state index contributed by atoms with van der Waals surface area (Å²) in [6.07, 6.45) is 3.46. The number of imide groups is 1. The zero-order valence-corrected chi connectivity index (χ0v) is 13.7. The Bertz CT molecular complexity index is 650. The summed E-state index contributed by atoms with van der Waals surface area (Å²) in [5, 5.41) is 3.34. The molecule has 2 fully saturated rings. The number of likely N-dealkylation sites (tertiary alicyclic amines) is 1. The molecule has 0 bridgehead atoms. The van der Waals surface area contributed by atoms with Gasteiger partial charge in [-0.05, 0) is 43.5 Å². The zero-order valence-electron chi connectivity index (χ0n) is 13.0. The highest BCUT2D eigenvalue weighted by molar-refractivity contribution is 6.30. The fourth-order valence-electron chi connectivity index (χ4n) is 3.49. The lowest BCUT2D eigenvalue weighted by Crippen LogP contribution is -2.38. The van der Waals surface area contributed by atoms with E-state index in [9.17, 15) is 14.4 Å². The number of carbonyl (C=O) groups excluding carboxylic acids is 3. The molecule has 0 spiro atoms. The van der Waals surface area contributed by atoms with Crippen LogP contribution in [0.3, 0.4) is 0 Å². The van der Waals surface area contributed by atoms with Crippen molar-refractivity contribution < 1.29 is 14.4 Å². The van der Waals surface area contributed by atoms with Crippen LogP contribution in [0.1, 0.15) is 31.2 Å². The SMILES string of the molecule is Cc1cc(Cl)ccc1NC(=O)CN1C(=O)C2CCCCC2C1=O. The van der Waals surface area contributed by atoms with Gasteiger partial charge in [0.2, 0.25) is 17.7 Å². The van der Waals surface area contributed by atoms with Crippen LogP contribution in [0.15, 0.2) is 18.2 Å². The number of halogens is 1. The van der Waals surface area contributed by atoms with E-state index in [1.807, 2.05) is 6.92 Å². The molecule has 5 nitrogen and oxygen atoms in total. The van der Waals surface area contributed by atoms with Crippen LogP contribution in [0.4, 0.5) is 5.69 Å². The van der Waals surface area contributed by atoms with Crippen molar-refractivity contribution in [1.82, 2.24) is 4.90 Å². The fraction of sp³-hybridized carbons (Fsp3) is 0.471. The third-order valence-electron chi connectivity index (χ3n) is 4.70. The summed E-state index contributed by atoms with van der Waals surface area (Å²) in [5.74, 6) is -1.19. The number of rotatable bonds is 3. The van der Waals surface area contributed by atoms with E-state index in [1.54, 1.807) is 18.2 Å². The number of nitrogens with zero attached hydrogens (tertiary/aromatic N) is 1. The van der Waals surface area contributed by atoms with Crippen molar-refractivity contribution >= 4 is 35.0 Å². The molecule has 1 N–H and O–H groups in total. The molecule has 0 aromatic heterocycles. The average molecular weight is 335 g/mol. The van der Waals surface area contributed by atoms with Crippen molar-refractivity contribution in [2.75, 3.05) is 11.9 Å². The summed E-state index contributed by atoms with van der Waals surface area (Å²) >= 11 is 5.89. The lowest BCUT2D eigenvalue weighted by atomic mass is 9.81. The molecule has 1 aromatic rings. The number of aryl methyl sites for hydroxylation is 1. The number of fused-ring (bicyclic) bond motifs is 1. The average Bonchev–Trinajstić information content (AvgIpc) is 2.76. The minimum atomic E-state index is -0.365. The van der Waals surface area contributed by atoms with Gasteiger partial charge in [-0.3, -0.25) is 19.3 Å². The molecule has 23 heavy (non-hydrogen) atoms. The molecule has 2 aliphatic rings. The van der Waals surface area contributed by atoms with Crippen molar-refractivity contribution in [3.05, 3.63) is 28.8 Å². The number of benzene rings is 1. The van der Waals surface area contributed by atoms with E-state index >= 15 is 0 Å². The first-order chi connectivity index (χ1) is 11.0. The smallest absolute Gasteiger partial charge is 0.244 e. The maximum Gasteiger partial charge on any atom is 0.244 e. The molecule has 1 saturated carbocycles. The van der Waals surface area contributed by atoms with E-state index in [-0.39, 0.29) is 36.1 Å². The fourth-order valence-corrected chi connectivity index (χ4v) is 3.71. The maximum atomic E-state index is 12.4. The monoisotopic (exact) mass is 334 g/mol. The first-order valence-electron chi connectivity index (χ1n) is 7.88. The predicted octanol–water partition coefficient (Wildman–Crippen LogP) is 2.76. The molecule has 2 atom stereocenters. The molecular weight excluding hydrogens is 316 g/mol. The second-order valence-corrected chi connectivity index (χ2v) is 6.70. The van der Waals surface area contributed by atoms with E-state index in [1.165, 1.54) is 0 Å². The van der Waals surface area contributed by atoms with Crippen LogP contribution in [-0.4, -0.2) is 29.2 Å². The quantitative estimate of drug-likeness (QED) is 0.864. The first kappa shape index (κ1) is 16.0. The van der Waals surface area contributed by atoms with Crippen molar-refractivity contribution in [2.24, 2.45) is 11.8 Å². The third kappa shape index (κ3) is 3.11. The van der Waals surface area contributed by atoms with Gasteiger partial charge in [-0.25, -0.2) is 0 Å². The molecule has 1 saturated heterocycles. The summed E-state index contributed by atoms with van der Waals surface area (Å²) in [6.45, 7) is 1.62. The largest absolute Gasteiger partial charge is 0.324 e. The third-order valence-corrected chi connectivity index (χ3v) is 4.93. The van der Waals surface area contributed by atoms with Gasteiger partial charge in [-0.15, -0.1) is 0 Å². The highest BCUT2D eigenvalue weighted by Crippen LogP contribution is 2.37. The van der Waals surface area contributed by atoms with E-state index in [0.29, 0.717) is 10.7 Å². The molecular formula is C17H19ClN2O3. The van der Waals surface area contributed by atoms with Crippen LogP contribution in [0, 0.1) is 18.8 Å². The summed E-state index contributed by atoms with van der Waals surface area (Å²) < 4.78 is 0. The van der Waals surface area contributed by atoms with Gasteiger partial charge < -0.3 is 5.32 Å². The topological polar surface area (TPSA) is 66.5 Å². The first-order valence-corrected chi connectivity index (χ1v) is 8.26. The number of hydrogen-bond donors (Lipinski definition) is 1. The van der Waals surface area contributed by atoms with Gasteiger partial charge in [0.15, 0.2) is 0 Å². The number of anilines is 1. The van der Waals surface area contributed by atoms with Crippen molar-refractivity contribution in [2.45, 2.75) is 32.6 Å². The number of amides is 3. The second-order valence-electron chi connectivity index (χ2n) is 6.27. The van der Waals surface area contributed by atoms with Crippen LogP contribution in [-0.2, 0) is 14.4 Å². The Hall–Kier alpha value is -1.88. The molecule has 3 rings (SSSR count). The molecule has 1 heterocycles. The summed E-state index contributed by atoms with van der Waals surface area (Å²) in [5.41, 5.74) is 1.47. The summed E-state index contributed by atoms with van der Waals surface area (Å²) in [4.78, 5) is 38.1. The Morgan fingerprint density at radius 3 is 2.39 bits per heavy atom. The molecule has 2 unspecified atom stereocenters. The van der Waals surface area contributed by atoms with E-state index in [2.05, 4.69) is 5.32 Å². The Morgan fingerprint density at radius 1 is 1.22 bits per heavy atom. The van der Waals surface area contributed by atoms with Crippen LogP contribution < -0.4 is 5.32 Å². The molecule has 1 aliphatic carbocycles. The van der Waals surface area contributed by atoms with Crippen LogP contribution in [0.5, 0.6) is 0 Å². The minimum absolute atomic E-state index is 0.192. The van der Waals surface area contributed by atoms with Gasteiger partial charge >= 0.3 is 0 Å². The Morgan fingerprint density at radius 2 is 1.83 bits per heavy atom. The van der Waals surface area contributed by atoms with E-state index < -0.39 is 0 Å². The van der Waals surface area contributed by atoms with Gasteiger partial charge in [-0.1, -0.05) is 24.4 Å². The van der Waals surface area contributed by atoms with Crippen LogP contribution in [0.2, 0.25) is 5.02 Å². The lowest BCUT2D eigenvalue weighted by Gasteiger charge is -2.19. The Balaban J connectivity index is 1.68. The Kier molecular flexibility index (Phi) is 4.39. The van der Waals surface area contributed by atoms with E-state index in [4.69, 9.17) is 11.6 Å². The maximum absolute atomic E-state index is 12.4. The van der Waals surface area contributed by atoms with Gasteiger partial charge in [0.25, 0.3) is 0 Å². The van der Waals surface area contributed by atoms with Gasteiger partial charge in [0.1, 0.15) is 6.54 Å². The van der Waals surface area contributed by atoms with Gasteiger partial charge in [0.05, 0.1) is 11.8 Å². The number of carbonyl (C=O) groups is 3. The van der Waals surface area contributed by atoms with Crippen molar-refractivity contribution in [1.29, 1.82) is 0 Å². The van der Waals surface area contributed by atoms with Gasteiger partial charge in [0, 0.05) is 10.7 Å². The predicted molar refractivity (Wildman–Crippen MR) is 87.0 cm³/mol.